The number of aryl methyl sites for hydroxylation is 1. The highest BCUT2D eigenvalue weighted by molar-refractivity contribution is 7.11. The van der Waals surface area contributed by atoms with Crippen molar-refractivity contribution in [2.75, 3.05) is 13.1 Å². The Hall–Kier alpha value is -1.27. The van der Waals surface area contributed by atoms with Crippen LogP contribution in [0.2, 0.25) is 0 Å². The fourth-order valence-electron chi connectivity index (χ4n) is 1.50. The van der Waals surface area contributed by atoms with Gasteiger partial charge in [-0.3, -0.25) is 14.5 Å². The summed E-state index contributed by atoms with van der Waals surface area (Å²) in [6.45, 7) is 2.92. The Bertz CT molecular complexity index is 400. The smallest absolute Gasteiger partial charge is 0.327 e. The normalized spacial score (nSPS) is 17.6. The van der Waals surface area contributed by atoms with Crippen LogP contribution in [-0.4, -0.2) is 34.9 Å². The molecule has 0 bridgehead atoms. The maximum Gasteiger partial charge on any atom is 0.327 e. The van der Waals surface area contributed by atoms with Gasteiger partial charge in [0.1, 0.15) is 5.01 Å². The summed E-state index contributed by atoms with van der Waals surface area (Å²) < 4.78 is 4.44. The van der Waals surface area contributed by atoms with Crippen LogP contribution in [0.25, 0.3) is 0 Å². The van der Waals surface area contributed by atoms with Crippen LogP contribution < -0.4 is 0 Å². The Morgan fingerprint density at radius 1 is 1.44 bits per heavy atom. The molecule has 1 aliphatic heterocycles. The topological polar surface area (TPSA) is 59.5 Å². The molecule has 1 aliphatic rings. The molecule has 0 unspecified atom stereocenters. The fourth-order valence-corrected chi connectivity index (χ4v) is 2.41. The summed E-state index contributed by atoms with van der Waals surface area (Å²) in [5, 5.41) is 0.930. The van der Waals surface area contributed by atoms with E-state index in [1.54, 1.807) is 16.2 Å². The Morgan fingerprint density at radius 2 is 2.12 bits per heavy atom. The number of carbonyl (C=O) groups is 2. The lowest BCUT2D eigenvalue weighted by atomic mass is 10.4. The maximum absolute atomic E-state index is 11.0. The lowest BCUT2D eigenvalue weighted by Gasteiger charge is -2.22. The van der Waals surface area contributed by atoms with Gasteiger partial charge in [0.2, 0.25) is 0 Å². The Labute approximate surface area is 97.0 Å². The highest BCUT2D eigenvalue weighted by Gasteiger charge is 2.25. The zero-order valence-corrected chi connectivity index (χ0v) is 9.75. The molecule has 0 N–H and O–H groups in total. The van der Waals surface area contributed by atoms with Gasteiger partial charge in [-0.15, -0.1) is 11.3 Å². The van der Waals surface area contributed by atoms with Crippen molar-refractivity contribution in [3.63, 3.8) is 0 Å². The molecule has 16 heavy (non-hydrogen) atoms. The SMILES string of the molecule is CCc1cnc(CN2CC(=O)OC(=O)C2)s1. The predicted molar refractivity (Wildman–Crippen MR) is 57.9 cm³/mol. The first-order valence-corrected chi connectivity index (χ1v) is 5.88. The number of nitrogens with zero attached hydrogens (tertiary/aromatic N) is 2. The van der Waals surface area contributed by atoms with Crippen molar-refractivity contribution in [2.24, 2.45) is 0 Å². The summed E-state index contributed by atoms with van der Waals surface area (Å²) in [6, 6.07) is 0. The number of ether oxygens (including phenoxy) is 1. The van der Waals surface area contributed by atoms with Crippen LogP contribution in [0.4, 0.5) is 0 Å². The van der Waals surface area contributed by atoms with E-state index in [9.17, 15) is 9.59 Å². The van der Waals surface area contributed by atoms with E-state index in [0.29, 0.717) is 6.54 Å². The van der Waals surface area contributed by atoms with Crippen LogP contribution in [0.5, 0.6) is 0 Å². The highest BCUT2D eigenvalue weighted by Crippen LogP contribution is 2.16. The Kier molecular flexibility index (Phi) is 3.31. The zero-order valence-electron chi connectivity index (χ0n) is 8.93. The maximum atomic E-state index is 11.0. The lowest BCUT2D eigenvalue weighted by Crippen LogP contribution is -2.42. The third kappa shape index (κ3) is 2.65. The van der Waals surface area contributed by atoms with E-state index in [0.717, 1.165) is 11.4 Å². The first-order chi connectivity index (χ1) is 7.67. The molecular formula is C10H12N2O3S. The van der Waals surface area contributed by atoms with Gasteiger partial charge in [-0.2, -0.15) is 0 Å². The Morgan fingerprint density at radius 3 is 2.69 bits per heavy atom. The summed E-state index contributed by atoms with van der Waals surface area (Å²) in [5.41, 5.74) is 0. The number of aromatic nitrogens is 1. The molecule has 1 fully saturated rings. The first kappa shape index (κ1) is 11.2. The second-order valence-corrected chi connectivity index (χ2v) is 4.76. The molecule has 0 saturated carbocycles. The average Bonchev–Trinajstić information content (AvgIpc) is 2.64. The minimum absolute atomic E-state index is 0.160. The van der Waals surface area contributed by atoms with Gasteiger partial charge in [0.05, 0.1) is 19.6 Å². The average molecular weight is 240 g/mol. The third-order valence-electron chi connectivity index (χ3n) is 2.24. The van der Waals surface area contributed by atoms with E-state index < -0.39 is 11.9 Å². The number of cyclic esters (lactones) is 2. The predicted octanol–water partition coefficient (Wildman–Crippen LogP) is 0.591. The number of carbonyl (C=O) groups excluding carboxylic acids is 2. The van der Waals surface area contributed by atoms with Crippen LogP contribution in [0.3, 0.4) is 0 Å². The van der Waals surface area contributed by atoms with Gasteiger partial charge in [0.25, 0.3) is 0 Å². The van der Waals surface area contributed by atoms with E-state index in [4.69, 9.17) is 0 Å². The number of hydrogen-bond acceptors (Lipinski definition) is 6. The molecule has 0 amide bonds. The lowest BCUT2D eigenvalue weighted by molar-refractivity contribution is -0.167. The van der Waals surface area contributed by atoms with Crippen molar-refractivity contribution < 1.29 is 14.3 Å². The molecule has 1 saturated heterocycles. The molecule has 0 aromatic carbocycles. The quantitative estimate of drug-likeness (QED) is 0.571. The van der Waals surface area contributed by atoms with Crippen LogP contribution in [0, 0.1) is 0 Å². The first-order valence-electron chi connectivity index (χ1n) is 5.07. The molecule has 1 aromatic rings. The molecule has 0 atom stereocenters. The molecule has 5 nitrogen and oxygen atoms in total. The van der Waals surface area contributed by atoms with Gasteiger partial charge in [0, 0.05) is 11.1 Å². The third-order valence-corrected chi connectivity index (χ3v) is 3.37. The molecule has 6 heteroatoms. The van der Waals surface area contributed by atoms with Gasteiger partial charge in [-0.25, -0.2) is 4.98 Å². The standard InChI is InChI=1S/C10H12N2O3S/c1-2-7-3-11-8(16-7)4-12-5-9(13)15-10(14)6-12/h3H,2,4-6H2,1H3. The molecular weight excluding hydrogens is 228 g/mol. The number of esters is 2. The highest BCUT2D eigenvalue weighted by atomic mass is 32.1. The van der Waals surface area contributed by atoms with Gasteiger partial charge >= 0.3 is 11.9 Å². The van der Waals surface area contributed by atoms with Crippen LogP contribution >= 0.6 is 11.3 Å². The van der Waals surface area contributed by atoms with Crippen molar-refractivity contribution in [1.82, 2.24) is 9.88 Å². The second kappa shape index (κ2) is 4.71. The zero-order chi connectivity index (χ0) is 11.5. The Balaban J connectivity index is 1.98. The van der Waals surface area contributed by atoms with Crippen molar-refractivity contribution >= 4 is 23.3 Å². The fraction of sp³-hybridized carbons (Fsp3) is 0.500. The van der Waals surface area contributed by atoms with Crippen molar-refractivity contribution in [3.8, 4) is 0 Å². The number of rotatable bonds is 3. The number of morpholine rings is 1. The summed E-state index contributed by atoms with van der Waals surface area (Å²) >= 11 is 1.61. The van der Waals surface area contributed by atoms with Crippen LogP contribution in [-0.2, 0) is 27.3 Å². The van der Waals surface area contributed by atoms with Crippen molar-refractivity contribution in [2.45, 2.75) is 19.9 Å². The summed E-state index contributed by atoms with van der Waals surface area (Å²) in [5.74, 6) is -0.966. The summed E-state index contributed by atoms with van der Waals surface area (Å²) in [7, 11) is 0. The van der Waals surface area contributed by atoms with Crippen molar-refractivity contribution in [3.05, 3.63) is 16.1 Å². The second-order valence-electron chi connectivity index (χ2n) is 3.57. The monoisotopic (exact) mass is 240 g/mol. The van der Waals surface area contributed by atoms with E-state index in [1.807, 2.05) is 6.20 Å². The van der Waals surface area contributed by atoms with Crippen LogP contribution in [0.1, 0.15) is 16.8 Å². The van der Waals surface area contributed by atoms with E-state index in [-0.39, 0.29) is 13.1 Å². The molecule has 2 rings (SSSR count). The molecule has 0 aliphatic carbocycles. The van der Waals surface area contributed by atoms with E-state index in [2.05, 4.69) is 16.6 Å². The van der Waals surface area contributed by atoms with Gasteiger partial charge in [0.15, 0.2) is 0 Å². The van der Waals surface area contributed by atoms with E-state index in [1.165, 1.54) is 4.88 Å². The molecule has 0 spiro atoms. The number of thiazole rings is 1. The summed E-state index contributed by atoms with van der Waals surface area (Å²) in [6.07, 6.45) is 2.79. The molecule has 86 valence electrons. The van der Waals surface area contributed by atoms with Gasteiger partial charge in [-0.05, 0) is 6.42 Å². The largest absolute Gasteiger partial charge is 0.391 e. The van der Waals surface area contributed by atoms with E-state index >= 15 is 0 Å². The number of hydrogen-bond donors (Lipinski definition) is 0. The molecule has 0 radical (unpaired) electrons. The summed E-state index contributed by atoms with van der Waals surface area (Å²) in [4.78, 5) is 29.3. The van der Waals surface area contributed by atoms with Gasteiger partial charge in [-0.1, -0.05) is 6.92 Å². The molecule has 2 heterocycles. The minimum atomic E-state index is -0.483. The minimum Gasteiger partial charge on any atom is -0.391 e. The van der Waals surface area contributed by atoms with Gasteiger partial charge < -0.3 is 4.74 Å². The van der Waals surface area contributed by atoms with Crippen LogP contribution in [0.15, 0.2) is 6.20 Å². The van der Waals surface area contributed by atoms with Crippen molar-refractivity contribution in [1.29, 1.82) is 0 Å². The molecule has 1 aromatic heterocycles.